The molecule has 0 bridgehead atoms. The van der Waals surface area contributed by atoms with E-state index in [9.17, 15) is 4.79 Å². The summed E-state index contributed by atoms with van der Waals surface area (Å²) < 4.78 is 11.1. The van der Waals surface area contributed by atoms with Crippen molar-refractivity contribution in [1.29, 1.82) is 0 Å². The SMILES string of the molecule is CC(C)OC(=O)c1ccc2cc(OCc3ccccc3)ccc2c1. The van der Waals surface area contributed by atoms with Crippen molar-refractivity contribution in [3.8, 4) is 5.75 Å². The molecule has 3 aromatic rings. The van der Waals surface area contributed by atoms with Crippen LogP contribution in [0, 0.1) is 0 Å². The first-order chi connectivity index (χ1) is 11.6. The minimum absolute atomic E-state index is 0.123. The number of benzene rings is 3. The van der Waals surface area contributed by atoms with Crippen molar-refractivity contribution in [3.63, 3.8) is 0 Å². The van der Waals surface area contributed by atoms with Crippen LogP contribution in [0.4, 0.5) is 0 Å². The van der Waals surface area contributed by atoms with E-state index in [1.54, 1.807) is 6.07 Å². The zero-order chi connectivity index (χ0) is 16.9. The molecule has 0 saturated heterocycles. The van der Waals surface area contributed by atoms with Crippen molar-refractivity contribution in [2.24, 2.45) is 0 Å². The van der Waals surface area contributed by atoms with E-state index in [0.717, 1.165) is 22.1 Å². The molecule has 122 valence electrons. The summed E-state index contributed by atoms with van der Waals surface area (Å²) in [6, 6.07) is 21.5. The Morgan fingerprint density at radius 1 is 0.917 bits per heavy atom. The molecule has 24 heavy (non-hydrogen) atoms. The lowest BCUT2D eigenvalue weighted by atomic mass is 10.1. The minimum atomic E-state index is -0.295. The maximum absolute atomic E-state index is 12.0. The fourth-order valence-electron chi connectivity index (χ4n) is 2.46. The van der Waals surface area contributed by atoms with E-state index in [4.69, 9.17) is 9.47 Å². The van der Waals surface area contributed by atoms with E-state index in [2.05, 4.69) is 0 Å². The van der Waals surface area contributed by atoms with Crippen LogP contribution in [0.3, 0.4) is 0 Å². The highest BCUT2D eigenvalue weighted by molar-refractivity contribution is 5.95. The van der Waals surface area contributed by atoms with Crippen molar-refractivity contribution < 1.29 is 14.3 Å². The molecule has 0 spiro atoms. The summed E-state index contributed by atoms with van der Waals surface area (Å²) >= 11 is 0. The molecule has 0 heterocycles. The van der Waals surface area contributed by atoms with Crippen molar-refractivity contribution in [3.05, 3.63) is 77.9 Å². The largest absolute Gasteiger partial charge is 0.489 e. The van der Waals surface area contributed by atoms with Crippen LogP contribution in [-0.2, 0) is 11.3 Å². The second kappa shape index (κ2) is 7.18. The molecule has 0 fully saturated rings. The Bertz CT molecular complexity index is 838. The third-order valence-corrected chi connectivity index (χ3v) is 3.64. The van der Waals surface area contributed by atoms with E-state index in [1.807, 2.05) is 74.5 Å². The lowest BCUT2D eigenvalue weighted by molar-refractivity contribution is 0.0378. The van der Waals surface area contributed by atoms with Gasteiger partial charge in [-0.05, 0) is 54.4 Å². The van der Waals surface area contributed by atoms with Crippen molar-refractivity contribution in [2.45, 2.75) is 26.6 Å². The standard InChI is InChI=1S/C21H20O3/c1-15(2)24-21(22)19-9-8-18-13-20(11-10-17(18)12-19)23-14-16-6-4-3-5-7-16/h3-13,15H,14H2,1-2H3. The van der Waals surface area contributed by atoms with Gasteiger partial charge in [0.05, 0.1) is 11.7 Å². The molecule has 0 saturated carbocycles. The number of rotatable bonds is 5. The first kappa shape index (κ1) is 16.1. The van der Waals surface area contributed by atoms with Crippen LogP contribution in [0.1, 0.15) is 29.8 Å². The summed E-state index contributed by atoms with van der Waals surface area (Å²) in [5.41, 5.74) is 1.69. The summed E-state index contributed by atoms with van der Waals surface area (Å²) in [4.78, 5) is 12.0. The van der Waals surface area contributed by atoms with Crippen LogP contribution in [0.5, 0.6) is 5.75 Å². The number of hydrogen-bond donors (Lipinski definition) is 0. The average molecular weight is 320 g/mol. The second-order valence-corrected chi connectivity index (χ2v) is 5.95. The van der Waals surface area contributed by atoms with E-state index in [-0.39, 0.29) is 12.1 Å². The van der Waals surface area contributed by atoms with Crippen LogP contribution < -0.4 is 4.74 Å². The molecule has 0 radical (unpaired) electrons. The molecule has 0 unspecified atom stereocenters. The third-order valence-electron chi connectivity index (χ3n) is 3.64. The maximum Gasteiger partial charge on any atom is 0.338 e. The topological polar surface area (TPSA) is 35.5 Å². The van der Waals surface area contributed by atoms with Crippen LogP contribution in [0.15, 0.2) is 66.7 Å². The van der Waals surface area contributed by atoms with Crippen LogP contribution in [-0.4, -0.2) is 12.1 Å². The predicted molar refractivity (Wildman–Crippen MR) is 95.3 cm³/mol. The van der Waals surface area contributed by atoms with Gasteiger partial charge < -0.3 is 9.47 Å². The minimum Gasteiger partial charge on any atom is -0.489 e. The van der Waals surface area contributed by atoms with Crippen LogP contribution >= 0.6 is 0 Å². The van der Waals surface area contributed by atoms with Gasteiger partial charge in [-0.2, -0.15) is 0 Å². The zero-order valence-electron chi connectivity index (χ0n) is 13.9. The third kappa shape index (κ3) is 3.93. The van der Waals surface area contributed by atoms with Gasteiger partial charge >= 0.3 is 5.97 Å². The summed E-state index contributed by atoms with van der Waals surface area (Å²) in [7, 11) is 0. The first-order valence-electron chi connectivity index (χ1n) is 8.03. The summed E-state index contributed by atoms with van der Waals surface area (Å²) in [6.45, 7) is 4.22. The lowest BCUT2D eigenvalue weighted by Crippen LogP contribution is -2.11. The van der Waals surface area contributed by atoms with Crippen LogP contribution in [0.25, 0.3) is 10.8 Å². The monoisotopic (exact) mass is 320 g/mol. The van der Waals surface area contributed by atoms with E-state index in [0.29, 0.717) is 12.2 Å². The molecule has 3 heteroatoms. The zero-order valence-corrected chi connectivity index (χ0v) is 13.9. The Balaban J connectivity index is 1.75. The molecular formula is C21H20O3. The normalized spacial score (nSPS) is 10.8. The quantitative estimate of drug-likeness (QED) is 0.622. The van der Waals surface area contributed by atoms with Gasteiger partial charge in [-0.25, -0.2) is 4.79 Å². The number of carbonyl (C=O) groups excluding carboxylic acids is 1. The summed E-state index contributed by atoms with van der Waals surface area (Å²) in [6.07, 6.45) is -0.123. The molecular weight excluding hydrogens is 300 g/mol. The van der Waals surface area contributed by atoms with Crippen molar-refractivity contribution >= 4 is 16.7 Å². The van der Waals surface area contributed by atoms with Crippen molar-refractivity contribution in [2.75, 3.05) is 0 Å². The van der Waals surface area contributed by atoms with Gasteiger partial charge in [-0.3, -0.25) is 0 Å². The highest BCUT2D eigenvalue weighted by Gasteiger charge is 2.10. The van der Waals surface area contributed by atoms with Gasteiger partial charge in [0.2, 0.25) is 0 Å². The van der Waals surface area contributed by atoms with Crippen molar-refractivity contribution in [1.82, 2.24) is 0 Å². The molecule has 3 aromatic carbocycles. The fourth-order valence-corrected chi connectivity index (χ4v) is 2.46. The predicted octanol–water partition coefficient (Wildman–Crippen LogP) is 4.98. The molecule has 0 aliphatic rings. The number of esters is 1. The van der Waals surface area contributed by atoms with Gasteiger partial charge in [0.15, 0.2) is 0 Å². The second-order valence-electron chi connectivity index (χ2n) is 5.95. The Morgan fingerprint density at radius 2 is 1.62 bits per heavy atom. The first-order valence-corrected chi connectivity index (χ1v) is 8.03. The maximum atomic E-state index is 12.0. The highest BCUT2D eigenvalue weighted by Crippen LogP contribution is 2.23. The van der Waals surface area contributed by atoms with Gasteiger partial charge in [-0.15, -0.1) is 0 Å². The number of hydrogen-bond acceptors (Lipinski definition) is 3. The molecule has 0 aliphatic carbocycles. The Hall–Kier alpha value is -2.81. The van der Waals surface area contributed by atoms with Crippen LogP contribution in [0.2, 0.25) is 0 Å². The molecule has 0 N–H and O–H groups in total. The van der Waals surface area contributed by atoms with E-state index in [1.165, 1.54) is 0 Å². The lowest BCUT2D eigenvalue weighted by Gasteiger charge is -2.10. The Morgan fingerprint density at radius 3 is 2.38 bits per heavy atom. The van der Waals surface area contributed by atoms with Gasteiger partial charge in [-0.1, -0.05) is 42.5 Å². The molecule has 3 nitrogen and oxygen atoms in total. The molecule has 3 rings (SSSR count). The Kier molecular flexibility index (Phi) is 4.80. The summed E-state index contributed by atoms with van der Waals surface area (Å²) in [5, 5.41) is 2.02. The van der Waals surface area contributed by atoms with E-state index < -0.39 is 0 Å². The smallest absolute Gasteiger partial charge is 0.338 e. The van der Waals surface area contributed by atoms with E-state index >= 15 is 0 Å². The molecule has 0 amide bonds. The van der Waals surface area contributed by atoms with Gasteiger partial charge in [0.25, 0.3) is 0 Å². The Labute approximate surface area is 141 Å². The fraction of sp³-hybridized carbons (Fsp3) is 0.190. The van der Waals surface area contributed by atoms with Gasteiger partial charge in [0.1, 0.15) is 12.4 Å². The number of ether oxygens (including phenoxy) is 2. The molecule has 0 atom stereocenters. The highest BCUT2D eigenvalue weighted by atomic mass is 16.5. The number of carbonyl (C=O) groups is 1. The van der Waals surface area contributed by atoms with Gasteiger partial charge in [0, 0.05) is 0 Å². The summed E-state index contributed by atoms with van der Waals surface area (Å²) in [5.74, 6) is 0.514. The number of fused-ring (bicyclic) bond motifs is 1. The molecule has 0 aliphatic heterocycles. The molecule has 0 aromatic heterocycles. The average Bonchev–Trinajstić information content (AvgIpc) is 2.59.